The van der Waals surface area contributed by atoms with Gasteiger partial charge in [0.15, 0.2) is 0 Å². The first-order valence-electron chi connectivity index (χ1n) is 5.86. The number of Topliss-reactive ketones (excluding diaryl/α,β-unsaturated/α-hetero) is 1. The van der Waals surface area contributed by atoms with Crippen LogP contribution in [-0.2, 0) is 0 Å². The van der Waals surface area contributed by atoms with E-state index in [-0.39, 0.29) is 11.7 Å². The van der Waals surface area contributed by atoms with Crippen molar-refractivity contribution in [2.24, 2.45) is 5.10 Å². The molecule has 0 aliphatic rings. The molecular weight excluding hydrogens is 320 g/mol. The Morgan fingerprint density at radius 3 is 2.35 bits per heavy atom. The van der Waals surface area contributed by atoms with Gasteiger partial charge in [-0.3, -0.25) is 9.59 Å². The lowest BCUT2D eigenvalue weighted by Gasteiger charge is -2.01. The highest BCUT2D eigenvalue weighted by Gasteiger charge is 2.08. The molecule has 0 aromatic heterocycles. The number of amides is 1. The van der Waals surface area contributed by atoms with E-state index in [1.54, 1.807) is 42.5 Å². The number of hydrogen-bond donors (Lipinski definition) is 1. The van der Waals surface area contributed by atoms with Crippen molar-refractivity contribution in [1.82, 2.24) is 5.43 Å². The average Bonchev–Trinajstić information content (AvgIpc) is 2.48. The van der Waals surface area contributed by atoms with Crippen LogP contribution in [0.3, 0.4) is 0 Å². The Labute approximate surface area is 124 Å². The van der Waals surface area contributed by atoms with Crippen LogP contribution in [0.4, 0.5) is 0 Å². The highest BCUT2D eigenvalue weighted by atomic mass is 79.9. The fourth-order valence-corrected chi connectivity index (χ4v) is 2.00. The molecule has 2 rings (SSSR count). The van der Waals surface area contributed by atoms with Gasteiger partial charge in [0, 0.05) is 10.0 Å². The lowest BCUT2D eigenvalue weighted by Crippen LogP contribution is -2.19. The first-order chi connectivity index (χ1) is 9.68. The zero-order valence-electron chi connectivity index (χ0n) is 10.4. The third-order valence-electron chi connectivity index (χ3n) is 2.52. The summed E-state index contributed by atoms with van der Waals surface area (Å²) in [6, 6.07) is 15.7. The Balaban J connectivity index is 1.99. The number of rotatable bonds is 4. The van der Waals surface area contributed by atoms with Crippen molar-refractivity contribution in [2.45, 2.75) is 0 Å². The summed E-state index contributed by atoms with van der Waals surface area (Å²) < 4.78 is 0.669. The van der Waals surface area contributed by atoms with E-state index in [4.69, 9.17) is 0 Å². The van der Waals surface area contributed by atoms with Crippen LogP contribution < -0.4 is 5.43 Å². The van der Waals surface area contributed by atoms with Gasteiger partial charge in [0.2, 0.25) is 5.78 Å². The summed E-state index contributed by atoms with van der Waals surface area (Å²) >= 11 is 3.27. The summed E-state index contributed by atoms with van der Waals surface area (Å²) in [5.74, 6) is -0.646. The molecule has 0 aliphatic heterocycles. The maximum absolute atomic E-state index is 11.8. The number of hydrogen-bond acceptors (Lipinski definition) is 3. The van der Waals surface area contributed by atoms with Gasteiger partial charge in [-0.15, -0.1) is 0 Å². The van der Waals surface area contributed by atoms with E-state index in [0.717, 1.165) is 6.21 Å². The lowest BCUT2D eigenvalue weighted by molar-refractivity contribution is 0.0954. The first-order valence-corrected chi connectivity index (χ1v) is 6.65. The summed E-state index contributed by atoms with van der Waals surface area (Å²) in [7, 11) is 0. The molecule has 0 saturated carbocycles. The summed E-state index contributed by atoms with van der Waals surface area (Å²) in [6.45, 7) is 0. The van der Waals surface area contributed by atoms with Crippen LogP contribution in [0.1, 0.15) is 20.7 Å². The number of nitrogens with zero attached hydrogens (tertiary/aromatic N) is 1. The molecule has 2 aromatic rings. The normalized spacial score (nSPS) is 10.4. The molecule has 0 heterocycles. The second kappa shape index (κ2) is 6.77. The zero-order chi connectivity index (χ0) is 14.4. The molecule has 0 bridgehead atoms. The molecule has 2 aromatic carbocycles. The van der Waals surface area contributed by atoms with Gasteiger partial charge in [-0.2, -0.15) is 5.10 Å². The fourth-order valence-electron chi connectivity index (χ4n) is 1.53. The minimum absolute atomic E-state index is 0.266. The van der Waals surface area contributed by atoms with Gasteiger partial charge in [0.25, 0.3) is 5.91 Å². The predicted octanol–water partition coefficient (Wildman–Crippen LogP) is 3.05. The fraction of sp³-hybridized carbons (Fsp3) is 0. The minimum Gasteiger partial charge on any atom is -0.287 e. The highest BCUT2D eigenvalue weighted by molar-refractivity contribution is 9.10. The Kier molecular flexibility index (Phi) is 4.79. The average molecular weight is 331 g/mol. The SMILES string of the molecule is O=C(/C=N\NC(=O)c1ccccc1Br)c1ccccc1. The van der Waals surface area contributed by atoms with Crippen LogP contribution in [0.2, 0.25) is 0 Å². The summed E-state index contributed by atoms with van der Waals surface area (Å²) in [4.78, 5) is 23.5. The summed E-state index contributed by atoms with van der Waals surface area (Å²) in [6.07, 6.45) is 1.09. The molecule has 0 atom stereocenters. The van der Waals surface area contributed by atoms with Crippen molar-refractivity contribution >= 4 is 33.8 Å². The van der Waals surface area contributed by atoms with Gasteiger partial charge in [-0.1, -0.05) is 42.5 Å². The molecular formula is C15H11BrN2O2. The number of carbonyl (C=O) groups excluding carboxylic acids is 2. The highest BCUT2D eigenvalue weighted by Crippen LogP contribution is 2.15. The molecule has 0 unspecified atom stereocenters. The van der Waals surface area contributed by atoms with Crippen LogP contribution >= 0.6 is 15.9 Å². The molecule has 0 radical (unpaired) electrons. The van der Waals surface area contributed by atoms with Crippen molar-refractivity contribution in [3.8, 4) is 0 Å². The number of carbonyl (C=O) groups is 2. The monoisotopic (exact) mass is 330 g/mol. The second-order valence-electron chi connectivity index (χ2n) is 3.91. The van der Waals surface area contributed by atoms with Crippen molar-refractivity contribution in [2.75, 3.05) is 0 Å². The summed E-state index contributed by atoms with van der Waals surface area (Å²) in [5, 5.41) is 3.67. The molecule has 0 fully saturated rings. The molecule has 5 heteroatoms. The van der Waals surface area contributed by atoms with Crippen molar-refractivity contribution in [3.05, 3.63) is 70.2 Å². The summed E-state index contributed by atoms with van der Waals surface area (Å²) in [5.41, 5.74) is 3.30. The van der Waals surface area contributed by atoms with Gasteiger partial charge in [0.05, 0.1) is 11.8 Å². The molecule has 0 saturated heterocycles. The largest absolute Gasteiger partial charge is 0.287 e. The smallest absolute Gasteiger partial charge is 0.272 e. The predicted molar refractivity (Wildman–Crippen MR) is 80.9 cm³/mol. The van der Waals surface area contributed by atoms with Crippen LogP contribution in [0.5, 0.6) is 0 Å². The van der Waals surface area contributed by atoms with Gasteiger partial charge in [-0.25, -0.2) is 5.43 Å². The lowest BCUT2D eigenvalue weighted by atomic mass is 10.1. The van der Waals surface area contributed by atoms with E-state index in [1.165, 1.54) is 0 Å². The molecule has 1 N–H and O–H groups in total. The maximum atomic E-state index is 11.8. The van der Waals surface area contributed by atoms with Crippen molar-refractivity contribution in [3.63, 3.8) is 0 Å². The van der Waals surface area contributed by atoms with Crippen LogP contribution in [0.25, 0.3) is 0 Å². The van der Waals surface area contributed by atoms with Crippen molar-refractivity contribution < 1.29 is 9.59 Å². The third kappa shape index (κ3) is 3.61. The van der Waals surface area contributed by atoms with E-state index >= 15 is 0 Å². The number of ketones is 1. The quantitative estimate of drug-likeness (QED) is 0.532. The first kappa shape index (κ1) is 14.1. The third-order valence-corrected chi connectivity index (χ3v) is 3.22. The van der Waals surface area contributed by atoms with E-state index in [2.05, 4.69) is 26.5 Å². The van der Waals surface area contributed by atoms with Crippen LogP contribution in [0, 0.1) is 0 Å². The van der Waals surface area contributed by atoms with E-state index in [9.17, 15) is 9.59 Å². The van der Waals surface area contributed by atoms with E-state index < -0.39 is 0 Å². The van der Waals surface area contributed by atoms with Gasteiger partial charge < -0.3 is 0 Å². The molecule has 0 aliphatic carbocycles. The van der Waals surface area contributed by atoms with Gasteiger partial charge in [-0.05, 0) is 28.1 Å². The number of halogens is 1. The van der Waals surface area contributed by atoms with Crippen LogP contribution in [0.15, 0.2) is 64.2 Å². The number of nitrogens with one attached hydrogen (secondary N) is 1. The zero-order valence-corrected chi connectivity index (χ0v) is 12.0. The molecule has 0 spiro atoms. The Morgan fingerprint density at radius 2 is 1.65 bits per heavy atom. The standard InChI is InChI=1S/C15H11BrN2O2/c16-13-9-5-4-8-12(13)15(20)18-17-10-14(19)11-6-2-1-3-7-11/h1-10H,(H,18,20)/b17-10-. The van der Waals surface area contributed by atoms with Crippen molar-refractivity contribution in [1.29, 1.82) is 0 Å². The molecule has 1 amide bonds. The molecule has 4 nitrogen and oxygen atoms in total. The Hall–Kier alpha value is -2.27. The maximum Gasteiger partial charge on any atom is 0.272 e. The topological polar surface area (TPSA) is 58.5 Å². The number of benzene rings is 2. The van der Waals surface area contributed by atoms with E-state index in [1.807, 2.05) is 12.1 Å². The molecule has 100 valence electrons. The van der Waals surface area contributed by atoms with Crippen LogP contribution in [-0.4, -0.2) is 17.9 Å². The van der Waals surface area contributed by atoms with E-state index in [0.29, 0.717) is 15.6 Å². The second-order valence-corrected chi connectivity index (χ2v) is 4.76. The molecule has 20 heavy (non-hydrogen) atoms. The number of hydrazone groups is 1. The Morgan fingerprint density at radius 1 is 1.00 bits per heavy atom. The van der Waals surface area contributed by atoms with Gasteiger partial charge in [0.1, 0.15) is 0 Å². The minimum atomic E-state index is -0.380. The van der Waals surface area contributed by atoms with Gasteiger partial charge >= 0.3 is 0 Å². The Bertz CT molecular complexity index is 654.